The fourth-order valence-corrected chi connectivity index (χ4v) is 6.95. The number of hydrogen-bond acceptors (Lipinski definition) is 10. The van der Waals surface area contributed by atoms with Gasteiger partial charge in [-0.05, 0) is 55.5 Å². The van der Waals surface area contributed by atoms with Crippen molar-refractivity contribution in [3.05, 3.63) is 60.2 Å². The van der Waals surface area contributed by atoms with Crippen LogP contribution in [0.25, 0.3) is 0 Å². The Hall–Kier alpha value is -2.78. The van der Waals surface area contributed by atoms with E-state index < -0.39 is 40.9 Å². The van der Waals surface area contributed by atoms with E-state index in [9.17, 15) is 18.3 Å². The molecule has 2 aromatic rings. The van der Waals surface area contributed by atoms with Crippen molar-refractivity contribution in [3.63, 3.8) is 0 Å². The van der Waals surface area contributed by atoms with Gasteiger partial charge in [-0.15, -0.1) is 0 Å². The molecule has 3 N–H and O–H groups in total. The number of carbonyl (C=O) groups excluding carboxylic acids is 1. The highest BCUT2D eigenvalue weighted by Crippen LogP contribution is 2.33. The monoisotopic (exact) mass is 620 g/mol. The standard InChI is InChI=1S/C30H40N2O10S/c33-15-17-38-22-10-12-24(13-11-22)43(36,37)32(42-23-8-4-5-9-23)19-27(34)26(18-21-6-2-1-3-7-21)31-30(35)41-28-20-40-29-25(28)14-16-39-29/h1-3,6-7,10-13,23,25-29,33-34H,4-5,8-9,14-20H2,(H,31,35)/t25-,26-,27-,28-,29+/m0/s1. The quantitative estimate of drug-likeness (QED) is 0.268. The molecule has 0 bridgehead atoms. The van der Waals surface area contributed by atoms with Crippen molar-refractivity contribution in [1.29, 1.82) is 0 Å². The second-order valence-electron chi connectivity index (χ2n) is 11.0. The van der Waals surface area contributed by atoms with Crippen LogP contribution in [0.4, 0.5) is 4.79 Å². The Kier molecular flexibility index (Phi) is 10.9. The number of ether oxygens (including phenoxy) is 4. The molecule has 0 spiro atoms. The van der Waals surface area contributed by atoms with Crippen LogP contribution < -0.4 is 10.1 Å². The van der Waals surface area contributed by atoms with E-state index in [0.717, 1.165) is 29.3 Å². The van der Waals surface area contributed by atoms with Gasteiger partial charge in [0.05, 0.1) is 55.4 Å². The van der Waals surface area contributed by atoms with Crippen molar-refractivity contribution in [2.24, 2.45) is 5.92 Å². The van der Waals surface area contributed by atoms with Crippen LogP contribution in [-0.2, 0) is 35.5 Å². The summed E-state index contributed by atoms with van der Waals surface area (Å²) in [6.45, 7) is 0.243. The number of alkyl carbamates (subject to hydrolysis) is 1. The fraction of sp³-hybridized carbons (Fsp3) is 0.567. The number of fused-ring (bicyclic) bond motifs is 1. The molecule has 5 rings (SSSR count). The number of nitrogens with one attached hydrogen (secondary N) is 1. The SMILES string of the molecule is O=C(N[C@@H](Cc1ccccc1)[C@@H](O)CN(OC1CCCC1)S(=O)(=O)c1ccc(OCCO)cc1)O[C@H]1CO[C@H]2OCC[C@H]21. The van der Waals surface area contributed by atoms with Gasteiger partial charge in [-0.3, -0.25) is 4.84 Å². The van der Waals surface area contributed by atoms with Gasteiger partial charge in [0.1, 0.15) is 18.5 Å². The zero-order valence-electron chi connectivity index (χ0n) is 24.0. The Labute approximate surface area is 251 Å². The molecule has 2 aliphatic heterocycles. The summed E-state index contributed by atoms with van der Waals surface area (Å²) in [6.07, 6.45) is 0.916. The number of aliphatic hydroxyl groups excluding tert-OH is 2. The third kappa shape index (κ3) is 8.24. The maximum absolute atomic E-state index is 13.8. The van der Waals surface area contributed by atoms with E-state index in [1.807, 2.05) is 30.3 Å². The molecule has 2 saturated heterocycles. The maximum Gasteiger partial charge on any atom is 0.407 e. The zero-order chi connectivity index (χ0) is 30.2. The molecule has 0 unspecified atom stereocenters. The lowest BCUT2D eigenvalue weighted by Gasteiger charge is -2.31. The van der Waals surface area contributed by atoms with E-state index in [1.54, 1.807) is 0 Å². The van der Waals surface area contributed by atoms with Crippen molar-refractivity contribution in [1.82, 2.24) is 9.79 Å². The van der Waals surface area contributed by atoms with Gasteiger partial charge in [0.25, 0.3) is 10.0 Å². The van der Waals surface area contributed by atoms with Crippen molar-refractivity contribution in [2.75, 3.05) is 33.0 Å². The van der Waals surface area contributed by atoms with Crippen LogP contribution in [-0.4, -0.2) is 92.8 Å². The second kappa shape index (κ2) is 14.8. The summed E-state index contributed by atoms with van der Waals surface area (Å²) in [5.74, 6) is 0.356. The van der Waals surface area contributed by atoms with Crippen molar-refractivity contribution < 1.29 is 47.2 Å². The van der Waals surface area contributed by atoms with Gasteiger partial charge in [-0.1, -0.05) is 47.6 Å². The number of aliphatic hydroxyl groups is 2. The minimum absolute atomic E-state index is 0.0457. The third-order valence-electron chi connectivity index (χ3n) is 7.96. The predicted molar refractivity (Wildman–Crippen MR) is 153 cm³/mol. The van der Waals surface area contributed by atoms with Crippen LogP contribution in [0.2, 0.25) is 0 Å². The summed E-state index contributed by atoms with van der Waals surface area (Å²) in [5, 5.41) is 23.2. The highest BCUT2D eigenvalue weighted by atomic mass is 32.2. The lowest BCUT2D eigenvalue weighted by atomic mass is 10.0. The van der Waals surface area contributed by atoms with E-state index in [4.69, 9.17) is 28.9 Å². The first-order valence-corrected chi connectivity index (χ1v) is 16.2. The van der Waals surface area contributed by atoms with Gasteiger partial charge >= 0.3 is 6.09 Å². The van der Waals surface area contributed by atoms with Gasteiger partial charge in [-0.25, -0.2) is 13.2 Å². The zero-order valence-corrected chi connectivity index (χ0v) is 24.8. The second-order valence-corrected chi connectivity index (χ2v) is 12.9. The average molecular weight is 621 g/mol. The molecule has 3 fully saturated rings. The maximum atomic E-state index is 13.8. The van der Waals surface area contributed by atoms with Crippen LogP contribution in [0.1, 0.15) is 37.7 Å². The number of benzene rings is 2. The summed E-state index contributed by atoms with van der Waals surface area (Å²) in [6, 6.07) is 14.2. The van der Waals surface area contributed by atoms with Gasteiger partial charge in [0.15, 0.2) is 6.29 Å². The molecule has 2 aromatic carbocycles. The van der Waals surface area contributed by atoms with Crippen molar-refractivity contribution >= 4 is 16.1 Å². The van der Waals surface area contributed by atoms with Gasteiger partial charge in [-0.2, -0.15) is 0 Å². The molecule has 13 heteroatoms. The summed E-state index contributed by atoms with van der Waals surface area (Å²) in [5.41, 5.74) is 0.838. The summed E-state index contributed by atoms with van der Waals surface area (Å²) >= 11 is 0. The number of rotatable bonds is 14. The molecular weight excluding hydrogens is 580 g/mol. The lowest BCUT2D eigenvalue weighted by molar-refractivity contribution is -0.145. The van der Waals surface area contributed by atoms with Gasteiger partial charge in [0.2, 0.25) is 0 Å². The number of carbonyl (C=O) groups is 1. The molecule has 5 atom stereocenters. The van der Waals surface area contributed by atoms with E-state index in [1.165, 1.54) is 24.3 Å². The molecule has 1 amide bonds. The van der Waals surface area contributed by atoms with E-state index >= 15 is 0 Å². The first-order chi connectivity index (χ1) is 20.8. The van der Waals surface area contributed by atoms with E-state index in [-0.39, 0.29) is 49.4 Å². The van der Waals surface area contributed by atoms with Crippen molar-refractivity contribution in [2.45, 2.75) is 74.1 Å². The van der Waals surface area contributed by atoms with E-state index in [0.29, 0.717) is 25.2 Å². The number of amides is 1. The fourth-order valence-electron chi connectivity index (χ4n) is 5.65. The third-order valence-corrected chi connectivity index (χ3v) is 9.60. The molecule has 43 heavy (non-hydrogen) atoms. The highest BCUT2D eigenvalue weighted by Gasteiger charge is 2.44. The Morgan fingerprint density at radius 2 is 1.79 bits per heavy atom. The van der Waals surface area contributed by atoms with Crippen molar-refractivity contribution in [3.8, 4) is 5.75 Å². The molecule has 3 aliphatic rings. The smallest absolute Gasteiger partial charge is 0.407 e. The molecular formula is C30H40N2O10S. The first-order valence-electron chi connectivity index (χ1n) is 14.8. The Balaban J connectivity index is 1.32. The molecule has 1 aliphatic carbocycles. The minimum atomic E-state index is -4.21. The summed E-state index contributed by atoms with van der Waals surface area (Å²) in [4.78, 5) is 19.0. The van der Waals surface area contributed by atoms with Gasteiger partial charge < -0.3 is 34.5 Å². The van der Waals surface area contributed by atoms with Crippen LogP contribution in [0, 0.1) is 5.92 Å². The topological polar surface area (TPSA) is 153 Å². The number of hydroxylamine groups is 1. The van der Waals surface area contributed by atoms with Crippen LogP contribution in [0.5, 0.6) is 5.75 Å². The largest absolute Gasteiger partial charge is 0.491 e. The molecule has 0 aromatic heterocycles. The van der Waals surface area contributed by atoms with Crippen LogP contribution >= 0.6 is 0 Å². The number of nitrogens with zero attached hydrogens (tertiary/aromatic N) is 1. The average Bonchev–Trinajstić information content (AvgIpc) is 3.77. The molecule has 2 heterocycles. The lowest BCUT2D eigenvalue weighted by Crippen LogP contribution is -2.51. The molecule has 1 saturated carbocycles. The normalized spacial score (nSPS) is 23.7. The Morgan fingerprint density at radius 1 is 1.05 bits per heavy atom. The first kappa shape index (κ1) is 31.6. The number of hydrogen-bond donors (Lipinski definition) is 3. The molecule has 0 radical (unpaired) electrons. The summed E-state index contributed by atoms with van der Waals surface area (Å²) in [7, 11) is -4.21. The van der Waals surface area contributed by atoms with Gasteiger partial charge in [0, 0.05) is 0 Å². The molecule has 236 valence electrons. The minimum Gasteiger partial charge on any atom is -0.491 e. The summed E-state index contributed by atoms with van der Waals surface area (Å²) < 4.78 is 50.5. The Morgan fingerprint density at radius 3 is 2.51 bits per heavy atom. The number of sulfonamides is 1. The highest BCUT2D eigenvalue weighted by molar-refractivity contribution is 7.89. The predicted octanol–water partition coefficient (Wildman–Crippen LogP) is 2.38. The van der Waals surface area contributed by atoms with Crippen LogP contribution in [0.15, 0.2) is 59.5 Å². The molecule has 12 nitrogen and oxygen atoms in total. The van der Waals surface area contributed by atoms with Crippen LogP contribution in [0.3, 0.4) is 0 Å². The van der Waals surface area contributed by atoms with E-state index in [2.05, 4.69) is 5.32 Å². The Bertz CT molecular complexity index is 1270.